The lowest BCUT2D eigenvalue weighted by molar-refractivity contribution is -0.131. The second-order valence-electron chi connectivity index (χ2n) is 3.18. The lowest BCUT2D eigenvalue weighted by atomic mass is 10.1. The van der Waals surface area contributed by atoms with Gasteiger partial charge in [0.15, 0.2) is 0 Å². The van der Waals surface area contributed by atoms with E-state index in [1.54, 1.807) is 11.9 Å². The Hall–Kier alpha value is -0.690. The third kappa shape index (κ3) is 2.92. The lowest BCUT2D eigenvalue weighted by Gasteiger charge is -2.30. The van der Waals surface area contributed by atoms with Crippen molar-refractivity contribution >= 4 is 17.7 Å². The van der Waals surface area contributed by atoms with Gasteiger partial charge in [0, 0.05) is 13.1 Å². The third-order valence-corrected chi connectivity index (χ3v) is 3.41. The van der Waals surface area contributed by atoms with Crippen LogP contribution in [0.2, 0.25) is 0 Å². The van der Waals surface area contributed by atoms with Crippen LogP contribution >= 0.6 is 11.8 Å². The minimum Gasteiger partial charge on any atom is -0.342 e. The Morgan fingerprint density at radius 2 is 2.23 bits per heavy atom. The molecule has 1 amide bonds. The van der Waals surface area contributed by atoms with E-state index in [-0.39, 0.29) is 12.3 Å². The van der Waals surface area contributed by atoms with Crippen molar-refractivity contribution in [2.24, 2.45) is 0 Å². The minimum atomic E-state index is -0.0422. The van der Waals surface area contributed by atoms with Crippen molar-refractivity contribution in [3.63, 3.8) is 0 Å². The van der Waals surface area contributed by atoms with E-state index in [0.29, 0.717) is 6.04 Å². The van der Waals surface area contributed by atoms with Gasteiger partial charge in [-0.15, -0.1) is 0 Å². The van der Waals surface area contributed by atoms with Crippen LogP contribution in [-0.4, -0.2) is 35.4 Å². The molecule has 72 valence electrons. The van der Waals surface area contributed by atoms with Gasteiger partial charge in [0.25, 0.3) is 0 Å². The van der Waals surface area contributed by atoms with Crippen LogP contribution in [0, 0.1) is 11.3 Å². The van der Waals surface area contributed by atoms with E-state index in [2.05, 4.69) is 0 Å². The molecule has 13 heavy (non-hydrogen) atoms. The van der Waals surface area contributed by atoms with Crippen LogP contribution in [0.25, 0.3) is 0 Å². The minimum absolute atomic E-state index is 0.0140. The van der Waals surface area contributed by atoms with Crippen molar-refractivity contribution < 1.29 is 4.79 Å². The summed E-state index contributed by atoms with van der Waals surface area (Å²) in [6.45, 7) is 0. The molecule has 0 N–H and O–H groups in total. The van der Waals surface area contributed by atoms with Crippen molar-refractivity contribution in [3.8, 4) is 6.07 Å². The molecule has 0 aromatic heterocycles. The highest BCUT2D eigenvalue weighted by Crippen LogP contribution is 2.20. The Balaban J connectivity index is 2.41. The lowest BCUT2D eigenvalue weighted by Crippen LogP contribution is -2.39. The van der Waals surface area contributed by atoms with Crippen LogP contribution in [0.4, 0.5) is 0 Å². The summed E-state index contributed by atoms with van der Waals surface area (Å²) in [5.74, 6) is 2.23. The molecule has 0 bridgehead atoms. The maximum atomic E-state index is 11.3. The predicted octanol–water partition coefficient (Wildman–Crippen LogP) is 1.25. The van der Waals surface area contributed by atoms with E-state index >= 15 is 0 Å². The summed E-state index contributed by atoms with van der Waals surface area (Å²) in [5.41, 5.74) is 0. The third-order valence-electron chi connectivity index (χ3n) is 2.36. The number of nitriles is 1. The molecule has 1 saturated heterocycles. The summed E-state index contributed by atoms with van der Waals surface area (Å²) in [5, 5.41) is 8.38. The van der Waals surface area contributed by atoms with Gasteiger partial charge in [0.05, 0.1) is 6.07 Å². The molecule has 0 aliphatic carbocycles. The van der Waals surface area contributed by atoms with Crippen molar-refractivity contribution in [1.82, 2.24) is 4.90 Å². The molecular weight excluding hydrogens is 184 g/mol. The quantitative estimate of drug-likeness (QED) is 0.671. The monoisotopic (exact) mass is 198 g/mol. The number of thioether (sulfide) groups is 1. The van der Waals surface area contributed by atoms with Gasteiger partial charge in [-0.05, 0) is 24.3 Å². The summed E-state index contributed by atoms with van der Waals surface area (Å²) in [6.07, 6.45) is 2.15. The maximum Gasteiger partial charge on any atom is 0.236 e. The van der Waals surface area contributed by atoms with Crippen LogP contribution in [0.15, 0.2) is 0 Å². The largest absolute Gasteiger partial charge is 0.342 e. The van der Waals surface area contributed by atoms with Crippen LogP contribution in [0.3, 0.4) is 0 Å². The fraction of sp³-hybridized carbons (Fsp3) is 0.778. The first-order chi connectivity index (χ1) is 6.25. The van der Waals surface area contributed by atoms with Gasteiger partial charge in [-0.1, -0.05) is 0 Å². The standard InChI is InChI=1S/C9H14N2OS/c1-11(9(12)2-5-10)8-3-6-13-7-4-8/h8H,2-4,6-7H2,1H3. The average molecular weight is 198 g/mol. The number of carbonyl (C=O) groups excluding carboxylic acids is 1. The zero-order chi connectivity index (χ0) is 9.68. The van der Waals surface area contributed by atoms with Crippen LogP contribution in [-0.2, 0) is 4.79 Å². The molecule has 0 spiro atoms. The molecular formula is C9H14N2OS. The Kier molecular flexibility index (Phi) is 4.10. The maximum absolute atomic E-state index is 11.3. The summed E-state index contributed by atoms with van der Waals surface area (Å²) in [6, 6.07) is 2.25. The second kappa shape index (κ2) is 5.13. The molecule has 1 aliphatic heterocycles. The SMILES string of the molecule is CN(C(=O)CC#N)C1CCSCC1. The predicted molar refractivity (Wildman–Crippen MR) is 53.3 cm³/mol. The molecule has 1 heterocycles. The molecule has 1 aliphatic rings. The summed E-state index contributed by atoms with van der Waals surface area (Å²) in [4.78, 5) is 13.1. The van der Waals surface area contributed by atoms with Crippen LogP contribution in [0.5, 0.6) is 0 Å². The number of nitrogens with zero attached hydrogens (tertiary/aromatic N) is 2. The summed E-state index contributed by atoms with van der Waals surface area (Å²) in [7, 11) is 1.81. The molecule has 0 aromatic rings. The van der Waals surface area contributed by atoms with E-state index in [1.165, 1.54) is 0 Å². The summed E-state index contributed by atoms with van der Waals surface area (Å²) >= 11 is 1.94. The van der Waals surface area contributed by atoms with Gasteiger partial charge in [-0.2, -0.15) is 17.0 Å². The van der Waals surface area contributed by atoms with Crippen molar-refractivity contribution in [2.75, 3.05) is 18.6 Å². The molecule has 4 heteroatoms. The Morgan fingerprint density at radius 1 is 1.62 bits per heavy atom. The van der Waals surface area contributed by atoms with Crippen LogP contribution < -0.4 is 0 Å². The fourth-order valence-electron chi connectivity index (χ4n) is 1.47. The van der Waals surface area contributed by atoms with Crippen molar-refractivity contribution in [2.45, 2.75) is 25.3 Å². The highest BCUT2D eigenvalue weighted by atomic mass is 32.2. The van der Waals surface area contributed by atoms with E-state index in [1.807, 2.05) is 17.8 Å². The highest BCUT2D eigenvalue weighted by molar-refractivity contribution is 7.99. The smallest absolute Gasteiger partial charge is 0.236 e. The van der Waals surface area contributed by atoms with E-state index in [0.717, 1.165) is 24.3 Å². The number of hydrogen-bond acceptors (Lipinski definition) is 3. The van der Waals surface area contributed by atoms with Gasteiger partial charge >= 0.3 is 0 Å². The Morgan fingerprint density at radius 3 is 2.77 bits per heavy atom. The van der Waals surface area contributed by atoms with Gasteiger partial charge < -0.3 is 4.90 Å². The van der Waals surface area contributed by atoms with Gasteiger partial charge in [0.2, 0.25) is 5.91 Å². The zero-order valence-corrected chi connectivity index (χ0v) is 8.64. The Bertz CT molecular complexity index is 218. The van der Waals surface area contributed by atoms with Crippen molar-refractivity contribution in [1.29, 1.82) is 5.26 Å². The first-order valence-corrected chi connectivity index (χ1v) is 5.61. The van der Waals surface area contributed by atoms with Crippen molar-refractivity contribution in [3.05, 3.63) is 0 Å². The topological polar surface area (TPSA) is 44.1 Å². The fourth-order valence-corrected chi connectivity index (χ4v) is 2.55. The first kappa shape index (κ1) is 10.4. The molecule has 3 nitrogen and oxygen atoms in total. The average Bonchev–Trinajstić information content (AvgIpc) is 2.18. The summed E-state index contributed by atoms with van der Waals surface area (Å²) < 4.78 is 0. The van der Waals surface area contributed by atoms with E-state index in [9.17, 15) is 4.79 Å². The molecule has 0 saturated carbocycles. The number of carbonyl (C=O) groups is 1. The normalized spacial score (nSPS) is 17.8. The Labute approximate surface area is 83.1 Å². The first-order valence-electron chi connectivity index (χ1n) is 4.46. The molecule has 0 atom stereocenters. The molecule has 0 unspecified atom stereocenters. The number of hydrogen-bond donors (Lipinski definition) is 0. The van der Waals surface area contributed by atoms with E-state index < -0.39 is 0 Å². The van der Waals surface area contributed by atoms with Gasteiger partial charge in [-0.3, -0.25) is 4.79 Å². The number of amides is 1. The van der Waals surface area contributed by atoms with E-state index in [4.69, 9.17) is 5.26 Å². The molecule has 1 fully saturated rings. The molecule has 0 radical (unpaired) electrons. The molecule has 1 rings (SSSR count). The molecule has 0 aromatic carbocycles. The van der Waals surface area contributed by atoms with Gasteiger partial charge in [-0.25, -0.2) is 0 Å². The zero-order valence-electron chi connectivity index (χ0n) is 7.82. The second-order valence-corrected chi connectivity index (χ2v) is 4.41. The number of rotatable bonds is 2. The highest BCUT2D eigenvalue weighted by Gasteiger charge is 2.21. The van der Waals surface area contributed by atoms with Crippen LogP contribution in [0.1, 0.15) is 19.3 Å². The van der Waals surface area contributed by atoms with Gasteiger partial charge in [0.1, 0.15) is 6.42 Å².